The normalized spacial score (nSPS) is 11.2. The van der Waals surface area contributed by atoms with E-state index >= 15 is 0 Å². The van der Waals surface area contributed by atoms with Crippen LogP contribution in [0, 0.1) is 10.1 Å². The molecule has 158 valence electrons. The Hall–Kier alpha value is -3.95. The molecule has 1 N–H and O–H groups in total. The lowest BCUT2D eigenvalue weighted by molar-refractivity contribution is -0.385. The molecule has 0 aromatic heterocycles. The molecule has 0 unspecified atom stereocenters. The zero-order valence-corrected chi connectivity index (χ0v) is 16.7. The minimum atomic E-state index is -1.16. The lowest BCUT2D eigenvalue weighted by Crippen LogP contribution is -2.35. The average Bonchev–Trinajstić information content (AvgIpc) is 2.75. The number of methoxy groups -OCH3 is 1. The van der Waals surface area contributed by atoms with Crippen LogP contribution >= 0.6 is 0 Å². The monoisotopic (exact) mass is 415 g/mol. The van der Waals surface area contributed by atoms with E-state index < -0.39 is 35.4 Å². The number of likely N-dealkylation sites (N-methyl/N-ethyl adjacent to an activating group) is 1. The first-order valence-corrected chi connectivity index (χ1v) is 8.80. The number of hydrogen-bond acceptors (Lipinski definition) is 7. The summed E-state index contributed by atoms with van der Waals surface area (Å²) in [5.41, 5.74) is 0.0781. The summed E-state index contributed by atoms with van der Waals surface area (Å²) in [4.78, 5) is 48.6. The van der Waals surface area contributed by atoms with Crippen LogP contribution in [0.25, 0.3) is 0 Å². The van der Waals surface area contributed by atoms with Gasteiger partial charge in [0.15, 0.2) is 5.75 Å². The number of esters is 1. The van der Waals surface area contributed by atoms with Gasteiger partial charge in [-0.25, -0.2) is 0 Å². The number of amides is 2. The van der Waals surface area contributed by atoms with Gasteiger partial charge in [0.1, 0.15) is 6.54 Å². The summed E-state index contributed by atoms with van der Waals surface area (Å²) in [7, 11) is 4.34. The van der Waals surface area contributed by atoms with E-state index in [0.717, 1.165) is 6.07 Å². The Morgan fingerprint density at radius 1 is 1.13 bits per heavy atom. The van der Waals surface area contributed by atoms with Crippen molar-refractivity contribution in [3.8, 4) is 5.75 Å². The largest absolute Gasteiger partial charge is 0.490 e. The lowest BCUT2D eigenvalue weighted by Gasteiger charge is -2.21. The predicted molar refractivity (Wildman–Crippen MR) is 106 cm³/mol. The molecule has 10 heteroatoms. The summed E-state index contributed by atoms with van der Waals surface area (Å²) < 4.78 is 10.2. The quantitative estimate of drug-likeness (QED) is 0.395. The second-order valence-corrected chi connectivity index (χ2v) is 6.34. The summed E-state index contributed by atoms with van der Waals surface area (Å²) in [5, 5.41) is 13.4. The molecule has 0 aliphatic rings. The first-order chi connectivity index (χ1) is 14.2. The van der Waals surface area contributed by atoms with E-state index in [9.17, 15) is 24.5 Å². The van der Waals surface area contributed by atoms with E-state index in [0.29, 0.717) is 5.56 Å². The van der Waals surface area contributed by atoms with Crippen molar-refractivity contribution in [2.45, 2.75) is 6.10 Å². The van der Waals surface area contributed by atoms with Crippen molar-refractivity contribution in [2.75, 3.05) is 27.7 Å². The Kier molecular flexibility index (Phi) is 7.45. The number of nitrogens with one attached hydrogen (secondary N) is 1. The third-order valence-electron chi connectivity index (χ3n) is 4.05. The third kappa shape index (κ3) is 5.53. The standard InChI is InChI=1S/C20H21N3O7/c1-22(2)20(26)18(13-7-5-4-6-8-13)30-17(24)12-21-19(25)14-9-10-16(29-3)15(11-14)23(27)28/h4-11,18H,12H2,1-3H3,(H,21,25)/t18-/m0/s1. The molecular formula is C20H21N3O7. The Labute approximate surface area is 172 Å². The van der Waals surface area contributed by atoms with Crippen molar-refractivity contribution in [3.05, 3.63) is 69.8 Å². The van der Waals surface area contributed by atoms with Crippen LogP contribution in [0.4, 0.5) is 5.69 Å². The van der Waals surface area contributed by atoms with E-state index in [2.05, 4.69) is 5.32 Å². The molecule has 0 spiro atoms. The number of ether oxygens (including phenoxy) is 2. The smallest absolute Gasteiger partial charge is 0.326 e. The van der Waals surface area contributed by atoms with E-state index in [1.165, 1.54) is 38.2 Å². The Morgan fingerprint density at radius 2 is 1.80 bits per heavy atom. The number of nitro groups is 1. The van der Waals surface area contributed by atoms with Gasteiger partial charge in [-0.05, 0) is 12.1 Å². The number of nitro benzene ring substituents is 1. The molecule has 0 heterocycles. The van der Waals surface area contributed by atoms with E-state index in [-0.39, 0.29) is 17.0 Å². The summed E-state index contributed by atoms with van der Waals surface area (Å²) >= 11 is 0. The fraction of sp³-hybridized carbons (Fsp3) is 0.250. The first kappa shape index (κ1) is 22.3. The van der Waals surface area contributed by atoms with Crippen molar-refractivity contribution >= 4 is 23.5 Å². The van der Waals surface area contributed by atoms with Gasteiger partial charge in [-0.3, -0.25) is 24.5 Å². The molecule has 2 amide bonds. The zero-order chi connectivity index (χ0) is 22.3. The Bertz CT molecular complexity index is 945. The number of nitrogens with zero attached hydrogens (tertiary/aromatic N) is 2. The van der Waals surface area contributed by atoms with Crippen molar-refractivity contribution in [1.82, 2.24) is 10.2 Å². The number of carbonyl (C=O) groups excluding carboxylic acids is 3. The molecule has 2 aromatic carbocycles. The van der Waals surface area contributed by atoms with Crippen LogP contribution in [0.5, 0.6) is 5.75 Å². The van der Waals surface area contributed by atoms with Crippen molar-refractivity contribution in [1.29, 1.82) is 0 Å². The highest BCUT2D eigenvalue weighted by Gasteiger charge is 2.26. The highest BCUT2D eigenvalue weighted by Crippen LogP contribution is 2.27. The summed E-state index contributed by atoms with van der Waals surface area (Å²) in [6, 6.07) is 12.1. The Balaban J connectivity index is 2.07. The molecule has 0 saturated carbocycles. The molecule has 0 radical (unpaired) electrons. The molecule has 2 aromatic rings. The van der Waals surface area contributed by atoms with Crippen LogP contribution in [0.15, 0.2) is 48.5 Å². The summed E-state index contributed by atoms with van der Waals surface area (Å²) in [6.45, 7) is -0.525. The predicted octanol–water partition coefficient (Wildman–Crippen LogP) is 1.71. The minimum Gasteiger partial charge on any atom is -0.490 e. The van der Waals surface area contributed by atoms with Gasteiger partial charge in [0, 0.05) is 31.3 Å². The fourth-order valence-electron chi connectivity index (χ4n) is 2.52. The highest BCUT2D eigenvalue weighted by molar-refractivity contribution is 5.97. The number of rotatable bonds is 8. The maximum atomic E-state index is 12.4. The molecule has 0 aliphatic heterocycles. The molecule has 0 fully saturated rings. The second-order valence-electron chi connectivity index (χ2n) is 6.34. The second kappa shape index (κ2) is 10.0. The molecule has 1 atom stereocenters. The van der Waals surface area contributed by atoms with Gasteiger partial charge in [-0.1, -0.05) is 30.3 Å². The number of hydrogen-bond donors (Lipinski definition) is 1. The van der Waals surface area contributed by atoms with Crippen LogP contribution in [-0.2, 0) is 14.3 Å². The van der Waals surface area contributed by atoms with Crippen LogP contribution in [-0.4, -0.2) is 55.4 Å². The van der Waals surface area contributed by atoms with Crippen LogP contribution < -0.4 is 10.1 Å². The molecule has 0 saturated heterocycles. The molecule has 10 nitrogen and oxygen atoms in total. The lowest BCUT2D eigenvalue weighted by atomic mass is 10.1. The van der Waals surface area contributed by atoms with Crippen molar-refractivity contribution in [2.24, 2.45) is 0 Å². The van der Waals surface area contributed by atoms with E-state index in [4.69, 9.17) is 9.47 Å². The van der Waals surface area contributed by atoms with Gasteiger partial charge in [0.25, 0.3) is 11.8 Å². The van der Waals surface area contributed by atoms with Crippen molar-refractivity contribution < 1.29 is 28.8 Å². The van der Waals surface area contributed by atoms with Gasteiger partial charge in [0.05, 0.1) is 12.0 Å². The molecule has 2 rings (SSSR count). The molecule has 0 aliphatic carbocycles. The highest BCUT2D eigenvalue weighted by atomic mass is 16.6. The first-order valence-electron chi connectivity index (χ1n) is 8.80. The number of benzene rings is 2. The van der Waals surface area contributed by atoms with Crippen LogP contribution in [0.2, 0.25) is 0 Å². The van der Waals surface area contributed by atoms with E-state index in [1.54, 1.807) is 30.3 Å². The van der Waals surface area contributed by atoms with Crippen LogP contribution in [0.1, 0.15) is 22.0 Å². The number of carbonyl (C=O) groups is 3. The summed E-state index contributed by atoms with van der Waals surface area (Å²) in [5.74, 6) is -1.99. The maximum absolute atomic E-state index is 12.4. The maximum Gasteiger partial charge on any atom is 0.326 e. The zero-order valence-electron chi connectivity index (χ0n) is 16.7. The van der Waals surface area contributed by atoms with Crippen LogP contribution in [0.3, 0.4) is 0 Å². The van der Waals surface area contributed by atoms with Gasteiger partial charge >= 0.3 is 11.7 Å². The SMILES string of the molecule is COc1ccc(C(=O)NCC(=O)O[C@H](C(=O)N(C)C)c2ccccc2)cc1[N+](=O)[O-]. The third-order valence-corrected chi connectivity index (χ3v) is 4.05. The summed E-state index contributed by atoms with van der Waals surface area (Å²) in [6.07, 6.45) is -1.16. The average molecular weight is 415 g/mol. The van der Waals surface area contributed by atoms with Gasteiger partial charge < -0.3 is 19.7 Å². The molecular weight excluding hydrogens is 394 g/mol. The van der Waals surface area contributed by atoms with Gasteiger partial charge in [-0.2, -0.15) is 0 Å². The van der Waals surface area contributed by atoms with Gasteiger partial charge in [-0.15, -0.1) is 0 Å². The minimum absolute atomic E-state index is 0.00357. The molecule has 30 heavy (non-hydrogen) atoms. The molecule has 0 bridgehead atoms. The Morgan fingerprint density at radius 3 is 2.37 bits per heavy atom. The topological polar surface area (TPSA) is 128 Å². The van der Waals surface area contributed by atoms with E-state index in [1.807, 2.05) is 0 Å². The van der Waals surface area contributed by atoms with Crippen molar-refractivity contribution in [3.63, 3.8) is 0 Å². The van der Waals surface area contributed by atoms with Gasteiger partial charge in [0.2, 0.25) is 6.10 Å². The fourth-order valence-corrected chi connectivity index (χ4v) is 2.52.